The van der Waals surface area contributed by atoms with Gasteiger partial charge in [-0.2, -0.15) is 5.10 Å². The number of aryl methyl sites for hydroxylation is 2. The lowest BCUT2D eigenvalue weighted by atomic mass is 9.89. The number of aliphatic hydroxyl groups excluding tert-OH is 1. The van der Waals surface area contributed by atoms with Crippen LogP contribution in [0.25, 0.3) is 5.52 Å². The van der Waals surface area contributed by atoms with Gasteiger partial charge in [0, 0.05) is 37.1 Å². The number of ether oxygens (including phenoxy) is 1. The van der Waals surface area contributed by atoms with Crippen molar-refractivity contribution in [3.8, 4) is 5.75 Å². The lowest BCUT2D eigenvalue weighted by Gasteiger charge is -2.34. The first-order chi connectivity index (χ1) is 18.2. The molecule has 1 saturated heterocycles. The van der Waals surface area contributed by atoms with E-state index in [9.17, 15) is 18.3 Å². The number of hydrogen-bond donors (Lipinski definition) is 2. The van der Waals surface area contributed by atoms with Gasteiger partial charge < -0.3 is 14.7 Å². The van der Waals surface area contributed by atoms with E-state index < -0.39 is 12.6 Å². The first kappa shape index (κ1) is 26.1. The molecule has 0 spiro atoms. The Morgan fingerprint density at radius 3 is 2.37 bits per heavy atom. The van der Waals surface area contributed by atoms with E-state index in [-0.39, 0.29) is 5.75 Å². The highest BCUT2D eigenvalue weighted by Crippen LogP contribution is 2.32. The average Bonchev–Trinajstić information content (AvgIpc) is 3.24. The molecule has 2 N–H and O–H groups in total. The molecule has 0 aliphatic carbocycles. The highest BCUT2D eigenvalue weighted by Gasteiger charge is 2.31. The number of halogens is 3. The molecule has 2 aromatic heterocycles. The minimum absolute atomic E-state index is 0.190. The van der Waals surface area contributed by atoms with Gasteiger partial charge in [0.05, 0.1) is 11.2 Å². The van der Waals surface area contributed by atoms with Crippen LogP contribution in [0.4, 0.5) is 18.9 Å². The first-order valence-electron chi connectivity index (χ1n) is 12.7. The highest BCUT2D eigenvalue weighted by atomic mass is 19.4. The van der Waals surface area contributed by atoms with E-state index in [1.54, 1.807) is 16.6 Å². The van der Waals surface area contributed by atoms with Crippen LogP contribution in [-0.4, -0.2) is 34.2 Å². The molecule has 38 heavy (non-hydrogen) atoms. The fourth-order valence-corrected chi connectivity index (χ4v) is 5.29. The van der Waals surface area contributed by atoms with Crippen LogP contribution in [0.1, 0.15) is 52.9 Å². The van der Waals surface area contributed by atoms with E-state index in [0.29, 0.717) is 12.5 Å². The lowest BCUT2D eigenvalue weighted by molar-refractivity contribution is -0.274. The molecule has 2 aromatic carbocycles. The number of nitrogens with one attached hydrogen (secondary N) is 1. The van der Waals surface area contributed by atoms with Crippen molar-refractivity contribution >= 4 is 11.2 Å². The molecule has 1 atom stereocenters. The van der Waals surface area contributed by atoms with Crippen molar-refractivity contribution in [2.75, 3.05) is 18.0 Å². The summed E-state index contributed by atoms with van der Waals surface area (Å²) >= 11 is 0. The van der Waals surface area contributed by atoms with Crippen LogP contribution < -0.4 is 15.0 Å². The Bertz CT molecular complexity index is 1380. The molecule has 1 unspecified atom stereocenters. The number of rotatable bonds is 7. The van der Waals surface area contributed by atoms with Gasteiger partial charge >= 0.3 is 6.36 Å². The van der Waals surface area contributed by atoms with Crippen molar-refractivity contribution in [1.29, 1.82) is 0 Å². The van der Waals surface area contributed by atoms with Gasteiger partial charge in [-0.25, -0.2) is 4.52 Å². The third-order valence-electron chi connectivity index (χ3n) is 7.23. The molecule has 4 aromatic rings. The fourth-order valence-electron chi connectivity index (χ4n) is 5.29. The summed E-state index contributed by atoms with van der Waals surface area (Å²) in [6.07, 6.45) is -1.77. The summed E-state index contributed by atoms with van der Waals surface area (Å²) in [5, 5.41) is 18.6. The molecule has 1 aliphatic heterocycles. The van der Waals surface area contributed by atoms with Gasteiger partial charge in [0.2, 0.25) is 0 Å². The zero-order valence-electron chi connectivity index (χ0n) is 21.4. The molecule has 0 amide bonds. The van der Waals surface area contributed by atoms with Gasteiger partial charge in [-0.15, -0.1) is 13.2 Å². The number of nitrogens with zero attached hydrogens (tertiary/aromatic N) is 3. The van der Waals surface area contributed by atoms with Gasteiger partial charge in [-0.3, -0.25) is 5.32 Å². The van der Waals surface area contributed by atoms with Crippen LogP contribution in [0.2, 0.25) is 0 Å². The first-order valence-corrected chi connectivity index (χ1v) is 12.7. The molecule has 5 rings (SSSR count). The molecule has 1 aliphatic rings. The summed E-state index contributed by atoms with van der Waals surface area (Å²) in [5.74, 6) is 0.118. The number of anilines is 1. The number of aromatic nitrogens is 2. The standard InChI is InChI=1S/C29H31F3N4O2/c1-19-4-3-15-36-27(19)26(20(2)34-36)28(37)33-18-21-5-9-24(10-6-21)35-16-13-23(14-17-35)22-7-11-25(12-8-22)38-29(30,31)32/h3-12,15,23,28,33,37H,13-14,16-18H2,1-2H3. The minimum Gasteiger partial charge on any atom is -0.406 e. The minimum atomic E-state index is -4.68. The predicted molar refractivity (Wildman–Crippen MR) is 140 cm³/mol. The van der Waals surface area contributed by atoms with Gasteiger partial charge in [-0.1, -0.05) is 30.3 Å². The van der Waals surface area contributed by atoms with E-state index in [1.807, 2.05) is 32.2 Å². The molecule has 200 valence electrons. The Labute approximate surface area is 219 Å². The van der Waals surface area contributed by atoms with Crippen LogP contribution in [0.5, 0.6) is 5.75 Å². The zero-order valence-corrected chi connectivity index (χ0v) is 21.4. The van der Waals surface area contributed by atoms with Crippen LogP contribution in [0.15, 0.2) is 66.9 Å². The summed E-state index contributed by atoms with van der Waals surface area (Å²) in [6, 6.07) is 18.5. The van der Waals surface area contributed by atoms with Gasteiger partial charge in [-0.05, 0) is 79.6 Å². The van der Waals surface area contributed by atoms with Crippen molar-refractivity contribution in [2.24, 2.45) is 0 Å². The molecule has 3 heterocycles. The molecule has 0 bridgehead atoms. The number of hydrogen-bond acceptors (Lipinski definition) is 5. The van der Waals surface area contributed by atoms with Crippen LogP contribution in [0.3, 0.4) is 0 Å². The molecule has 6 nitrogen and oxygen atoms in total. The molecule has 1 fully saturated rings. The molecular weight excluding hydrogens is 493 g/mol. The maximum absolute atomic E-state index is 12.4. The molecule has 0 radical (unpaired) electrons. The van der Waals surface area contributed by atoms with Crippen LogP contribution >= 0.6 is 0 Å². The third kappa shape index (κ3) is 5.79. The van der Waals surface area contributed by atoms with E-state index in [0.717, 1.165) is 65.1 Å². The summed E-state index contributed by atoms with van der Waals surface area (Å²) in [6.45, 7) is 6.17. The van der Waals surface area contributed by atoms with E-state index in [2.05, 4.69) is 44.3 Å². The number of benzene rings is 2. The maximum Gasteiger partial charge on any atom is 0.573 e. The van der Waals surface area contributed by atoms with Crippen LogP contribution in [-0.2, 0) is 6.54 Å². The Hall–Kier alpha value is -3.56. The maximum atomic E-state index is 12.4. The van der Waals surface area contributed by atoms with Crippen molar-refractivity contribution < 1.29 is 23.0 Å². The molecular formula is C29H31F3N4O2. The number of alkyl halides is 3. The zero-order chi connectivity index (χ0) is 26.9. The van der Waals surface area contributed by atoms with Gasteiger partial charge in [0.15, 0.2) is 0 Å². The third-order valence-corrected chi connectivity index (χ3v) is 7.23. The smallest absolute Gasteiger partial charge is 0.406 e. The highest BCUT2D eigenvalue weighted by molar-refractivity contribution is 5.62. The topological polar surface area (TPSA) is 62.0 Å². The van der Waals surface area contributed by atoms with E-state index in [1.165, 1.54) is 12.1 Å². The number of aliphatic hydroxyl groups is 1. The van der Waals surface area contributed by atoms with Crippen molar-refractivity contribution in [2.45, 2.75) is 51.7 Å². The summed E-state index contributed by atoms with van der Waals surface area (Å²) in [7, 11) is 0. The second-order valence-corrected chi connectivity index (χ2v) is 9.81. The quantitative estimate of drug-likeness (QED) is 0.290. The van der Waals surface area contributed by atoms with Crippen molar-refractivity contribution in [1.82, 2.24) is 14.9 Å². The Kier molecular flexibility index (Phi) is 7.32. The Morgan fingerprint density at radius 2 is 1.71 bits per heavy atom. The number of pyridine rings is 1. The average molecular weight is 525 g/mol. The lowest BCUT2D eigenvalue weighted by Crippen LogP contribution is -2.32. The second kappa shape index (κ2) is 10.7. The number of piperidine rings is 1. The van der Waals surface area contributed by atoms with Gasteiger partial charge in [0.25, 0.3) is 0 Å². The van der Waals surface area contributed by atoms with E-state index in [4.69, 9.17) is 0 Å². The number of fused-ring (bicyclic) bond motifs is 1. The summed E-state index contributed by atoms with van der Waals surface area (Å²) in [4.78, 5) is 2.33. The SMILES string of the molecule is Cc1nn2cccc(C)c2c1C(O)NCc1ccc(N2CCC(c3ccc(OC(F)(F)F)cc3)CC2)cc1. The van der Waals surface area contributed by atoms with E-state index >= 15 is 0 Å². The normalized spacial score (nSPS) is 15.7. The largest absolute Gasteiger partial charge is 0.573 e. The molecule has 0 saturated carbocycles. The monoisotopic (exact) mass is 524 g/mol. The second-order valence-electron chi connectivity index (χ2n) is 9.81. The van der Waals surface area contributed by atoms with Gasteiger partial charge in [0.1, 0.15) is 12.0 Å². The predicted octanol–water partition coefficient (Wildman–Crippen LogP) is 6.01. The van der Waals surface area contributed by atoms with Crippen LogP contribution in [0, 0.1) is 13.8 Å². The summed E-state index contributed by atoms with van der Waals surface area (Å²) < 4.78 is 43.0. The summed E-state index contributed by atoms with van der Waals surface area (Å²) in [5.41, 5.74) is 6.81. The fraction of sp³-hybridized carbons (Fsp3) is 0.345. The Balaban J connectivity index is 1.15. The molecule has 9 heteroatoms. The Morgan fingerprint density at radius 1 is 1.03 bits per heavy atom. The van der Waals surface area contributed by atoms with Crippen molar-refractivity contribution in [3.05, 3.63) is 94.8 Å². The van der Waals surface area contributed by atoms with Crippen molar-refractivity contribution in [3.63, 3.8) is 0 Å².